The van der Waals surface area contributed by atoms with Crippen molar-refractivity contribution in [2.45, 2.75) is 26.2 Å². The highest BCUT2D eigenvalue weighted by molar-refractivity contribution is 5.00. The predicted octanol–water partition coefficient (Wildman–Crippen LogP) is 1.71. The van der Waals surface area contributed by atoms with Crippen LogP contribution in [-0.2, 0) is 5.41 Å². The van der Waals surface area contributed by atoms with Crippen molar-refractivity contribution in [2.24, 2.45) is 0 Å². The lowest BCUT2D eigenvalue weighted by atomic mass is 9.96. The highest BCUT2D eigenvalue weighted by Crippen LogP contribution is 2.16. The molecule has 50 valence electrons. The summed E-state index contributed by atoms with van der Waals surface area (Å²) in [6.45, 7) is 6.39. The molecule has 2 heteroatoms. The lowest BCUT2D eigenvalue weighted by Crippen LogP contribution is -2.12. The maximum Gasteiger partial charge on any atom is 0.111 e. The summed E-state index contributed by atoms with van der Waals surface area (Å²) in [7, 11) is 0. The van der Waals surface area contributed by atoms with E-state index in [9.17, 15) is 0 Å². The molecule has 0 saturated heterocycles. The van der Waals surface area contributed by atoms with E-state index in [1.54, 1.807) is 6.20 Å². The molecule has 0 fully saturated rings. The third kappa shape index (κ3) is 1.31. The van der Waals surface area contributed by atoms with Gasteiger partial charge in [0, 0.05) is 17.8 Å². The van der Waals surface area contributed by atoms with Crippen LogP contribution >= 0.6 is 0 Å². The Morgan fingerprint density at radius 3 is 2.33 bits per heavy atom. The zero-order chi connectivity index (χ0) is 6.91. The third-order valence-electron chi connectivity index (χ3n) is 1.21. The molecule has 0 atom stereocenters. The Morgan fingerprint density at radius 2 is 2.11 bits per heavy atom. The van der Waals surface area contributed by atoms with Gasteiger partial charge in [0.15, 0.2) is 0 Å². The van der Waals surface area contributed by atoms with E-state index in [0.29, 0.717) is 0 Å². The highest BCUT2D eigenvalue weighted by atomic mass is 14.9. The van der Waals surface area contributed by atoms with E-state index in [4.69, 9.17) is 0 Å². The number of H-pyrrole nitrogens is 1. The minimum Gasteiger partial charge on any atom is -0.348 e. The number of aromatic nitrogens is 2. The lowest BCUT2D eigenvalue weighted by molar-refractivity contribution is 0.552. The van der Waals surface area contributed by atoms with Crippen LogP contribution in [0.25, 0.3) is 0 Å². The molecule has 1 N–H and O–H groups in total. The minimum absolute atomic E-state index is 0.156. The van der Waals surface area contributed by atoms with Crippen LogP contribution in [0.3, 0.4) is 0 Å². The van der Waals surface area contributed by atoms with E-state index in [-0.39, 0.29) is 5.41 Å². The molecule has 0 amide bonds. The topological polar surface area (TPSA) is 28.7 Å². The number of rotatable bonds is 0. The van der Waals surface area contributed by atoms with E-state index in [2.05, 4.69) is 30.7 Å². The average molecular weight is 124 g/mol. The third-order valence-corrected chi connectivity index (χ3v) is 1.21. The second-order valence-corrected chi connectivity index (χ2v) is 3.19. The van der Waals surface area contributed by atoms with Crippen molar-refractivity contribution in [3.05, 3.63) is 18.2 Å². The molecular weight excluding hydrogens is 112 g/mol. The molecule has 0 unspecified atom stereocenters. The number of imidazole rings is 1. The molecule has 2 nitrogen and oxygen atoms in total. The number of nitrogens with one attached hydrogen (secondary N) is 1. The lowest BCUT2D eigenvalue weighted by Gasteiger charge is -2.13. The molecule has 0 aliphatic heterocycles. The van der Waals surface area contributed by atoms with E-state index in [1.807, 2.05) is 6.20 Å². The summed E-state index contributed by atoms with van der Waals surface area (Å²) < 4.78 is 0. The summed E-state index contributed by atoms with van der Waals surface area (Å²) in [4.78, 5) is 7.20. The maximum absolute atomic E-state index is 4.13. The van der Waals surface area contributed by atoms with Gasteiger partial charge in [0.05, 0.1) is 0 Å². The SMILES string of the molecule is CC(C)(C)c1ncc[nH]1. The zero-order valence-electron chi connectivity index (χ0n) is 6.10. The van der Waals surface area contributed by atoms with Gasteiger partial charge in [-0.25, -0.2) is 4.98 Å². The van der Waals surface area contributed by atoms with Crippen LogP contribution in [0.5, 0.6) is 0 Å². The molecule has 9 heavy (non-hydrogen) atoms. The van der Waals surface area contributed by atoms with Crippen LogP contribution in [-0.4, -0.2) is 9.97 Å². The van der Waals surface area contributed by atoms with Gasteiger partial charge in [0.1, 0.15) is 5.82 Å². The molecule has 1 aromatic heterocycles. The monoisotopic (exact) mass is 124 g/mol. The second kappa shape index (κ2) is 1.87. The molecule has 1 rings (SSSR count). The first-order valence-corrected chi connectivity index (χ1v) is 3.10. The van der Waals surface area contributed by atoms with Crippen LogP contribution in [0.4, 0.5) is 0 Å². The van der Waals surface area contributed by atoms with Gasteiger partial charge in [-0.1, -0.05) is 20.8 Å². The summed E-state index contributed by atoms with van der Waals surface area (Å²) in [6, 6.07) is 0. The fraction of sp³-hybridized carbons (Fsp3) is 0.571. The molecule has 0 aliphatic rings. The second-order valence-electron chi connectivity index (χ2n) is 3.19. The highest BCUT2D eigenvalue weighted by Gasteiger charge is 2.14. The van der Waals surface area contributed by atoms with Crippen LogP contribution in [0.2, 0.25) is 0 Å². The van der Waals surface area contributed by atoms with Gasteiger partial charge in [0.25, 0.3) is 0 Å². The number of hydrogen-bond donors (Lipinski definition) is 1. The normalized spacial score (nSPS) is 11.9. The molecule has 0 radical (unpaired) electrons. The molecule has 0 saturated carbocycles. The number of aromatic amines is 1. The first-order chi connectivity index (χ1) is 4.11. The molecule has 0 aromatic carbocycles. The Bertz CT molecular complexity index is 169. The van der Waals surface area contributed by atoms with Crippen molar-refractivity contribution in [1.82, 2.24) is 9.97 Å². The van der Waals surface area contributed by atoms with Crippen LogP contribution in [0, 0.1) is 0 Å². The maximum atomic E-state index is 4.13. The van der Waals surface area contributed by atoms with E-state index < -0.39 is 0 Å². The molecular formula is C7H12N2. The molecule has 0 aliphatic carbocycles. The van der Waals surface area contributed by atoms with Gasteiger partial charge in [-0.2, -0.15) is 0 Å². The Balaban J connectivity index is 2.90. The van der Waals surface area contributed by atoms with Gasteiger partial charge in [-0.05, 0) is 0 Å². The summed E-state index contributed by atoms with van der Waals surface area (Å²) in [5.74, 6) is 1.04. The van der Waals surface area contributed by atoms with Crippen molar-refractivity contribution in [3.8, 4) is 0 Å². The van der Waals surface area contributed by atoms with Crippen molar-refractivity contribution >= 4 is 0 Å². The Kier molecular flexibility index (Phi) is 1.31. The zero-order valence-corrected chi connectivity index (χ0v) is 6.10. The molecule has 0 spiro atoms. The Hall–Kier alpha value is -0.790. The molecule has 1 aromatic rings. The van der Waals surface area contributed by atoms with E-state index in [0.717, 1.165) is 5.82 Å². The number of hydrogen-bond acceptors (Lipinski definition) is 1. The summed E-state index contributed by atoms with van der Waals surface area (Å²) in [6.07, 6.45) is 3.63. The largest absolute Gasteiger partial charge is 0.348 e. The first-order valence-electron chi connectivity index (χ1n) is 3.10. The van der Waals surface area contributed by atoms with E-state index in [1.165, 1.54) is 0 Å². The van der Waals surface area contributed by atoms with Crippen LogP contribution in [0.15, 0.2) is 12.4 Å². The summed E-state index contributed by atoms with van der Waals surface area (Å²) >= 11 is 0. The van der Waals surface area contributed by atoms with Gasteiger partial charge in [-0.15, -0.1) is 0 Å². The Labute approximate surface area is 55.3 Å². The van der Waals surface area contributed by atoms with Crippen molar-refractivity contribution in [3.63, 3.8) is 0 Å². The first kappa shape index (κ1) is 6.33. The number of nitrogens with zero attached hydrogens (tertiary/aromatic N) is 1. The molecule has 0 bridgehead atoms. The van der Waals surface area contributed by atoms with Gasteiger partial charge < -0.3 is 4.98 Å². The Morgan fingerprint density at radius 1 is 1.44 bits per heavy atom. The average Bonchev–Trinajstić information content (AvgIpc) is 2.08. The molecule has 1 heterocycles. The van der Waals surface area contributed by atoms with Crippen LogP contribution in [0.1, 0.15) is 26.6 Å². The smallest absolute Gasteiger partial charge is 0.111 e. The summed E-state index contributed by atoms with van der Waals surface area (Å²) in [5, 5.41) is 0. The van der Waals surface area contributed by atoms with E-state index >= 15 is 0 Å². The summed E-state index contributed by atoms with van der Waals surface area (Å²) in [5.41, 5.74) is 0.156. The quantitative estimate of drug-likeness (QED) is 0.560. The van der Waals surface area contributed by atoms with Gasteiger partial charge >= 0.3 is 0 Å². The van der Waals surface area contributed by atoms with Crippen molar-refractivity contribution < 1.29 is 0 Å². The van der Waals surface area contributed by atoms with Crippen LogP contribution < -0.4 is 0 Å². The standard InChI is InChI=1S/C7H12N2/c1-7(2,3)6-8-4-5-9-6/h4-5H,1-3H3,(H,8,9). The minimum atomic E-state index is 0.156. The van der Waals surface area contributed by atoms with Gasteiger partial charge in [-0.3, -0.25) is 0 Å². The fourth-order valence-corrected chi connectivity index (χ4v) is 0.675. The van der Waals surface area contributed by atoms with Crippen molar-refractivity contribution in [1.29, 1.82) is 0 Å². The van der Waals surface area contributed by atoms with Gasteiger partial charge in [0.2, 0.25) is 0 Å². The van der Waals surface area contributed by atoms with Crippen molar-refractivity contribution in [2.75, 3.05) is 0 Å². The predicted molar refractivity (Wildman–Crippen MR) is 37.3 cm³/mol. The fourth-order valence-electron chi connectivity index (χ4n) is 0.675.